The monoisotopic (exact) mass is 296 g/mol. The van der Waals surface area contributed by atoms with Crippen molar-refractivity contribution in [1.29, 1.82) is 0 Å². The minimum absolute atomic E-state index is 0.0702. The lowest BCUT2D eigenvalue weighted by atomic mass is 9.91. The number of likely N-dealkylation sites (tertiary alicyclic amines) is 1. The number of rotatable bonds is 5. The molecule has 1 fully saturated rings. The Morgan fingerprint density at radius 2 is 2.15 bits per heavy atom. The second kappa shape index (κ2) is 7.28. The van der Waals surface area contributed by atoms with Crippen LogP contribution in [-0.2, 0) is 4.79 Å². The van der Waals surface area contributed by atoms with Gasteiger partial charge >= 0.3 is 12.0 Å². The van der Waals surface area contributed by atoms with Crippen molar-refractivity contribution in [3.8, 4) is 0 Å². The smallest absolute Gasteiger partial charge is 0.317 e. The number of nitrogens with zero attached hydrogens (tertiary/aromatic N) is 1. The molecule has 0 radical (unpaired) electrons. The maximum absolute atomic E-state index is 11.9. The van der Waals surface area contributed by atoms with Crippen molar-refractivity contribution < 1.29 is 14.7 Å². The summed E-state index contributed by atoms with van der Waals surface area (Å²) in [5, 5.41) is 15.6. The van der Waals surface area contributed by atoms with E-state index in [2.05, 4.69) is 22.1 Å². The molecule has 1 aliphatic rings. The molecule has 1 aromatic rings. The van der Waals surface area contributed by atoms with Gasteiger partial charge in [-0.1, -0.05) is 0 Å². The van der Waals surface area contributed by atoms with Crippen LogP contribution in [0.5, 0.6) is 0 Å². The fourth-order valence-corrected chi connectivity index (χ4v) is 3.21. The maximum atomic E-state index is 11.9. The number of thiophene rings is 1. The molecule has 1 aromatic heterocycles. The quantitative estimate of drug-likeness (QED) is 0.820. The van der Waals surface area contributed by atoms with Crippen LogP contribution < -0.4 is 5.32 Å². The Balaban J connectivity index is 1.68. The van der Waals surface area contributed by atoms with Crippen molar-refractivity contribution in [2.45, 2.75) is 31.6 Å². The molecular weight excluding hydrogens is 276 g/mol. The molecule has 5 nitrogen and oxygen atoms in total. The number of piperidine rings is 1. The van der Waals surface area contributed by atoms with Gasteiger partial charge < -0.3 is 15.3 Å². The normalized spacial score (nSPS) is 16.1. The van der Waals surface area contributed by atoms with Gasteiger partial charge in [-0.3, -0.25) is 4.79 Å². The summed E-state index contributed by atoms with van der Waals surface area (Å²) < 4.78 is 0. The van der Waals surface area contributed by atoms with Crippen molar-refractivity contribution in [3.05, 3.63) is 22.4 Å². The van der Waals surface area contributed by atoms with E-state index in [0.29, 0.717) is 18.9 Å². The summed E-state index contributed by atoms with van der Waals surface area (Å²) in [4.78, 5) is 24.1. The third-order valence-corrected chi connectivity index (χ3v) is 4.34. The zero-order chi connectivity index (χ0) is 14.4. The van der Waals surface area contributed by atoms with Gasteiger partial charge in [0.2, 0.25) is 0 Å². The number of carbonyl (C=O) groups excluding carboxylic acids is 1. The first-order valence-corrected chi connectivity index (χ1v) is 7.88. The third kappa shape index (κ3) is 4.23. The highest BCUT2D eigenvalue weighted by molar-refractivity contribution is 7.07. The molecule has 20 heavy (non-hydrogen) atoms. The zero-order valence-electron chi connectivity index (χ0n) is 11.4. The molecule has 0 saturated carbocycles. The number of hydrogen-bond acceptors (Lipinski definition) is 3. The molecule has 2 rings (SSSR count). The Morgan fingerprint density at radius 3 is 2.75 bits per heavy atom. The molecule has 2 heterocycles. The Kier molecular flexibility index (Phi) is 5.40. The van der Waals surface area contributed by atoms with Crippen molar-refractivity contribution in [2.75, 3.05) is 19.6 Å². The molecule has 0 aliphatic carbocycles. The fourth-order valence-electron chi connectivity index (χ4n) is 2.47. The average molecular weight is 296 g/mol. The van der Waals surface area contributed by atoms with E-state index >= 15 is 0 Å². The van der Waals surface area contributed by atoms with Crippen molar-refractivity contribution in [1.82, 2.24) is 10.2 Å². The number of carboxylic acids is 1. The molecule has 0 aromatic carbocycles. The van der Waals surface area contributed by atoms with Crippen LogP contribution >= 0.6 is 11.3 Å². The summed E-state index contributed by atoms with van der Waals surface area (Å²) in [6, 6.07) is 2.09. The molecule has 0 bridgehead atoms. The van der Waals surface area contributed by atoms with E-state index in [0.717, 1.165) is 25.9 Å². The Bertz CT molecular complexity index is 439. The molecule has 0 unspecified atom stereocenters. The Morgan fingerprint density at radius 1 is 1.40 bits per heavy atom. The standard InChI is InChI=1S/C14H20N2O3S/c17-13(18)2-1-6-15-14(19)16-7-3-11(4-8-16)12-5-9-20-10-12/h5,9-11H,1-4,6-8H2,(H,15,19)(H,17,18). The highest BCUT2D eigenvalue weighted by Gasteiger charge is 2.23. The average Bonchev–Trinajstić information content (AvgIpc) is 2.97. The lowest BCUT2D eigenvalue weighted by molar-refractivity contribution is -0.137. The van der Waals surface area contributed by atoms with E-state index in [4.69, 9.17) is 5.11 Å². The first-order chi connectivity index (χ1) is 9.66. The van der Waals surface area contributed by atoms with Crippen LogP contribution in [0.1, 0.15) is 37.2 Å². The highest BCUT2D eigenvalue weighted by atomic mass is 32.1. The van der Waals surface area contributed by atoms with Crippen molar-refractivity contribution in [3.63, 3.8) is 0 Å². The van der Waals surface area contributed by atoms with E-state index < -0.39 is 5.97 Å². The molecule has 2 N–H and O–H groups in total. The third-order valence-electron chi connectivity index (χ3n) is 3.64. The zero-order valence-corrected chi connectivity index (χ0v) is 12.2. The highest BCUT2D eigenvalue weighted by Crippen LogP contribution is 2.29. The van der Waals surface area contributed by atoms with Crippen molar-refractivity contribution in [2.24, 2.45) is 0 Å². The second-order valence-corrected chi connectivity index (χ2v) is 5.83. The van der Waals surface area contributed by atoms with Crippen LogP contribution in [0.4, 0.5) is 4.79 Å². The van der Waals surface area contributed by atoms with E-state index in [9.17, 15) is 9.59 Å². The first kappa shape index (κ1) is 14.8. The number of amides is 2. The predicted molar refractivity (Wildman–Crippen MR) is 78.1 cm³/mol. The summed E-state index contributed by atoms with van der Waals surface area (Å²) in [6.07, 6.45) is 2.57. The van der Waals surface area contributed by atoms with Gasteiger partial charge in [-0.05, 0) is 47.6 Å². The molecule has 6 heteroatoms. The largest absolute Gasteiger partial charge is 0.481 e. The summed E-state index contributed by atoms with van der Waals surface area (Å²) in [5.41, 5.74) is 1.39. The van der Waals surface area contributed by atoms with Crippen LogP contribution in [0.15, 0.2) is 16.8 Å². The van der Waals surface area contributed by atoms with Gasteiger partial charge in [-0.25, -0.2) is 4.79 Å². The summed E-state index contributed by atoms with van der Waals surface area (Å²) in [5.74, 6) is -0.256. The molecule has 0 spiro atoms. The van der Waals surface area contributed by atoms with Gasteiger partial charge in [0, 0.05) is 26.1 Å². The van der Waals surface area contributed by atoms with Crippen LogP contribution in [0.25, 0.3) is 0 Å². The molecular formula is C14H20N2O3S. The van der Waals surface area contributed by atoms with E-state index in [1.54, 1.807) is 11.3 Å². The van der Waals surface area contributed by atoms with Crippen molar-refractivity contribution >= 4 is 23.3 Å². The minimum Gasteiger partial charge on any atom is -0.481 e. The van der Waals surface area contributed by atoms with E-state index in [-0.39, 0.29) is 12.5 Å². The van der Waals surface area contributed by atoms with Crippen LogP contribution in [0.3, 0.4) is 0 Å². The van der Waals surface area contributed by atoms with E-state index in [1.165, 1.54) is 5.56 Å². The number of carboxylic acid groups (broad SMARTS) is 1. The fraction of sp³-hybridized carbons (Fsp3) is 0.571. The first-order valence-electron chi connectivity index (χ1n) is 6.93. The SMILES string of the molecule is O=C(O)CCCNC(=O)N1CCC(c2ccsc2)CC1. The lowest BCUT2D eigenvalue weighted by Crippen LogP contribution is -2.44. The minimum atomic E-state index is -0.823. The van der Waals surface area contributed by atoms with Gasteiger partial charge in [-0.2, -0.15) is 11.3 Å². The molecule has 1 saturated heterocycles. The van der Waals surface area contributed by atoms with Crippen LogP contribution in [0.2, 0.25) is 0 Å². The van der Waals surface area contributed by atoms with Gasteiger partial charge in [0.1, 0.15) is 0 Å². The molecule has 2 amide bonds. The molecule has 110 valence electrons. The second-order valence-electron chi connectivity index (χ2n) is 5.05. The Hall–Kier alpha value is -1.56. The van der Waals surface area contributed by atoms with Gasteiger partial charge in [0.05, 0.1) is 0 Å². The number of carbonyl (C=O) groups is 2. The number of hydrogen-bond donors (Lipinski definition) is 2. The van der Waals surface area contributed by atoms with Gasteiger partial charge in [0.15, 0.2) is 0 Å². The van der Waals surface area contributed by atoms with E-state index in [1.807, 2.05) is 4.90 Å². The summed E-state index contributed by atoms with van der Waals surface area (Å²) in [7, 11) is 0. The number of nitrogens with one attached hydrogen (secondary N) is 1. The van der Waals surface area contributed by atoms with Gasteiger partial charge in [-0.15, -0.1) is 0 Å². The van der Waals surface area contributed by atoms with Gasteiger partial charge in [0.25, 0.3) is 0 Å². The predicted octanol–water partition coefficient (Wildman–Crippen LogP) is 2.50. The number of aliphatic carboxylic acids is 1. The molecule has 0 atom stereocenters. The molecule has 1 aliphatic heterocycles. The lowest BCUT2D eigenvalue weighted by Gasteiger charge is -2.31. The maximum Gasteiger partial charge on any atom is 0.317 e. The van der Waals surface area contributed by atoms with Crippen LogP contribution in [0, 0.1) is 0 Å². The Labute approximate surface area is 122 Å². The van der Waals surface area contributed by atoms with Crippen LogP contribution in [-0.4, -0.2) is 41.6 Å². The summed E-state index contributed by atoms with van der Waals surface area (Å²) >= 11 is 1.72. The number of urea groups is 1. The summed E-state index contributed by atoms with van der Waals surface area (Å²) in [6.45, 7) is 1.96. The topological polar surface area (TPSA) is 69.6 Å².